The molecule has 0 bridgehead atoms. The van der Waals surface area contributed by atoms with Gasteiger partial charge in [-0.15, -0.1) is 0 Å². The highest BCUT2D eigenvalue weighted by Crippen LogP contribution is 2.47. The van der Waals surface area contributed by atoms with Gasteiger partial charge in [-0.2, -0.15) is 0 Å². The van der Waals surface area contributed by atoms with Crippen molar-refractivity contribution in [3.63, 3.8) is 0 Å². The van der Waals surface area contributed by atoms with Crippen LogP contribution in [0.15, 0.2) is 132 Å². The van der Waals surface area contributed by atoms with Gasteiger partial charge in [0.25, 0.3) is 0 Å². The van der Waals surface area contributed by atoms with Gasteiger partial charge in [-0.05, 0) is 103 Å². The van der Waals surface area contributed by atoms with Crippen molar-refractivity contribution >= 4 is 60.3 Å². The van der Waals surface area contributed by atoms with E-state index in [1.54, 1.807) is 0 Å². The van der Waals surface area contributed by atoms with Crippen molar-refractivity contribution < 1.29 is 4.42 Å². The number of fused-ring (bicyclic) bond motifs is 7. The van der Waals surface area contributed by atoms with E-state index in [0.29, 0.717) is 0 Å². The third-order valence-corrected chi connectivity index (χ3v) is 8.89. The Hall–Kier alpha value is -5.14. The Morgan fingerprint density at radius 1 is 0.488 bits per heavy atom. The van der Waals surface area contributed by atoms with Gasteiger partial charge in [-0.3, -0.25) is 0 Å². The van der Waals surface area contributed by atoms with Crippen LogP contribution in [0.3, 0.4) is 0 Å². The third-order valence-electron chi connectivity index (χ3n) is 8.89. The van der Waals surface area contributed by atoms with Crippen LogP contribution >= 0.6 is 0 Å². The highest BCUT2D eigenvalue weighted by Gasteiger charge is 2.23. The van der Waals surface area contributed by atoms with E-state index in [-0.39, 0.29) is 0 Å². The van der Waals surface area contributed by atoms with Gasteiger partial charge in [-0.25, -0.2) is 0 Å². The van der Waals surface area contributed by atoms with Crippen molar-refractivity contribution in [2.24, 2.45) is 0 Å². The van der Waals surface area contributed by atoms with Crippen molar-refractivity contribution in [3.8, 4) is 22.3 Å². The van der Waals surface area contributed by atoms with Gasteiger partial charge >= 0.3 is 0 Å². The Balaban J connectivity index is 1.37. The first-order chi connectivity index (χ1) is 20.3. The van der Waals surface area contributed by atoms with E-state index in [9.17, 15) is 0 Å². The normalized spacial score (nSPS) is 13.1. The molecule has 1 aromatic heterocycles. The summed E-state index contributed by atoms with van der Waals surface area (Å²) in [6.07, 6.45) is 6.78. The van der Waals surface area contributed by atoms with Crippen molar-refractivity contribution in [1.29, 1.82) is 0 Å². The molecular formula is C40H26O. The van der Waals surface area contributed by atoms with E-state index in [1.165, 1.54) is 76.5 Å². The fraction of sp³-hybridized carbons (Fsp3) is 0.0500. The quantitative estimate of drug-likeness (QED) is 0.220. The van der Waals surface area contributed by atoms with Crippen LogP contribution in [0.25, 0.3) is 82.6 Å². The zero-order chi connectivity index (χ0) is 26.9. The highest BCUT2D eigenvalue weighted by atomic mass is 16.3. The molecule has 1 heterocycles. The molecule has 0 radical (unpaired) electrons. The molecule has 192 valence electrons. The first-order valence-corrected chi connectivity index (χ1v) is 14.4. The van der Waals surface area contributed by atoms with E-state index in [4.69, 9.17) is 4.42 Å². The van der Waals surface area contributed by atoms with Gasteiger partial charge in [0, 0.05) is 10.8 Å². The van der Waals surface area contributed by atoms with Gasteiger partial charge in [0.2, 0.25) is 0 Å². The predicted molar refractivity (Wildman–Crippen MR) is 174 cm³/mol. The molecule has 41 heavy (non-hydrogen) atoms. The van der Waals surface area contributed by atoms with Crippen molar-refractivity contribution in [3.05, 3.63) is 139 Å². The number of allylic oxidation sites excluding steroid dienone is 1. The van der Waals surface area contributed by atoms with E-state index in [1.807, 2.05) is 0 Å². The minimum atomic E-state index is 0.935. The Morgan fingerprint density at radius 3 is 2.02 bits per heavy atom. The maximum absolute atomic E-state index is 6.36. The fourth-order valence-corrected chi connectivity index (χ4v) is 7.07. The zero-order valence-electron chi connectivity index (χ0n) is 22.5. The number of furan rings is 1. The number of rotatable bonds is 2. The summed E-state index contributed by atoms with van der Waals surface area (Å²) in [5, 5.41) is 9.96. The number of hydrogen-bond donors (Lipinski definition) is 0. The van der Waals surface area contributed by atoms with Gasteiger partial charge in [0.05, 0.1) is 0 Å². The molecule has 0 spiro atoms. The first-order valence-electron chi connectivity index (χ1n) is 14.4. The minimum absolute atomic E-state index is 0.935. The van der Waals surface area contributed by atoms with Crippen LogP contribution in [0.5, 0.6) is 0 Å². The van der Waals surface area contributed by atoms with Crippen LogP contribution in [-0.4, -0.2) is 0 Å². The van der Waals surface area contributed by atoms with Crippen LogP contribution in [0.4, 0.5) is 0 Å². The van der Waals surface area contributed by atoms with Crippen LogP contribution < -0.4 is 0 Å². The lowest BCUT2D eigenvalue weighted by atomic mass is 9.79. The van der Waals surface area contributed by atoms with E-state index < -0.39 is 0 Å². The van der Waals surface area contributed by atoms with Crippen molar-refractivity contribution in [2.75, 3.05) is 0 Å². The standard InChI is InChI=1S/C40H26O/c1-2-12-27-24-38-36(22-26(27)11-1)35-23-28(20-21-37(35)41-38)39-31-15-5-7-17-33(31)40(34-18-8-6-16-32(34)39)30-19-9-13-25-10-3-4-14-29(25)30/h1-5,7-15,17-24H,6,16H2. The van der Waals surface area contributed by atoms with Gasteiger partial charge in [0.15, 0.2) is 0 Å². The van der Waals surface area contributed by atoms with Gasteiger partial charge in [0.1, 0.15) is 11.2 Å². The lowest BCUT2D eigenvalue weighted by Crippen LogP contribution is -2.02. The number of hydrogen-bond acceptors (Lipinski definition) is 1. The molecule has 7 aromatic carbocycles. The molecule has 1 nitrogen and oxygen atoms in total. The van der Waals surface area contributed by atoms with Crippen LogP contribution in [0.2, 0.25) is 0 Å². The SMILES string of the molecule is C1=Cc2c(c(-c3ccc4oc5cc6ccccc6cc5c4c3)c3ccccc3c2-c2cccc3ccccc23)CC1. The smallest absolute Gasteiger partial charge is 0.136 e. The molecule has 0 saturated heterocycles. The summed E-state index contributed by atoms with van der Waals surface area (Å²) < 4.78 is 6.36. The Labute approximate surface area is 238 Å². The Kier molecular flexibility index (Phi) is 4.80. The maximum atomic E-state index is 6.36. The van der Waals surface area contributed by atoms with E-state index in [0.717, 1.165) is 24.0 Å². The van der Waals surface area contributed by atoms with Crippen LogP contribution in [0, 0.1) is 0 Å². The van der Waals surface area contributed by atoms with E-state index in [2.05, 4.69) is 133 Å². The average Bonchev–Trinajstić information content (AvgIpc) is 3.39. The highest BCUT2D eigenvalue weighted by molar-refractivity contribution is 6.16. The van der Waals surface area contributed by atoms with Gasteiger partial charge in [-0.1, -0.05) is 109 Å². The molecular weight excluding hydrogens is 496 g/mol. The third kappa shape index (κ3) is 3.36. The molecule has 8 aromatic rings. The second-order valence-corrected chi connectivity index (χ2v) is 11.2. The molecule has 0 amide bonds. The first kappa shape index (κ1) is 22.7. The monoisotopic (exact) mass is 522 g/mol. The topological polar surface area (TPSA) is 13.1 Å². The maximum Gasteiger partial charge on any atom is 0.136 e. The molecule has 1 heteroatoms. The molecule has 0 aliphatic heterocycles. The summed E-state index contributed by atoms with van der Waals surface area (Å²) in [6.45, 7) is 0. The summed E-state index contributed by atoms with van der Waals surface area (Å²) in [4.78, 5) is 0. The Morgan fingerprint density at radius 2 is 1.17 bits per heavy atom. The molecule has 0 N–H and O–H groups in total. The van der Waals surface area contributed by atoms with Gasteiger partial charge < -0.3 is 4.42 Å². The van der Waals surface area contributed by atoms with Crippen molar-refractivity contribution in [1.82, 2.24) is 0 Å². The summed E-state index contributed by atoms with van der Waals surface area (Å²) in [6, 6.07) is 44.2. The summed E-state index contributed by atoms with van der Waals surface area (Å²) >= 11 is 0. The molecule has 9 rings (SSSR count). The zero-order valence-corrected chi connectivity index (χ0v) is 22.5. The molecule has 0 atom stereocenters. The number of benzene rings is 7. The fourth-order valence-electron chi connectivity index (χ4n) is 7.07. The van der Waals surface area contributed by atoms with Crippen molar-refractivity contribution in [2.45, 2.75) is 12.8 Å². The minimum Gasteiger partial charge on any atom is -0.456 e. The lowest BCUT2D eigenvalue weighted by molar-refractivity contribution is 0.669. The van der Waals surface area contributed by atoms with E-state index >= 15 is 0 Å². The average molecular weight is 523 g/mol. The molecule has 1 aliphatic rings. The second-order valence-electron chi connectivity index (χ2n) is 11.2. The molecule has 0 saturated carbocycles. The largest absolute Gasteiger partial charge is 0.456 e. The lowest BCUT2D eigenvalue weighted by Gasteiger charge is -2.24. The molecule has 1 aliphatic carbocycles. The summed E-state index contributed by atoms with van der Waals surface area (Å²) in [5.41, 5.74) is 9.91. The van der Waals surface area contributed by atoms with Crippen LogP contribution in [-0.2, 0) is 6.42 Å². The van der Waals surface area contributed by atoms with Crippen LogP contribution in [0.1, 0.15) is 17.5 Å². The molecule has 0 unspecified atom stereocenters. The summed E-state index contributed by atoms with van der Waals surface area (Å²) in [7, 11) is 0. The summed E-state index contributed by atoms with van der Waals surface area (Å²) in [5.74, 6) is 0. The predicted octanol–water partition coefficient (Wildman–Crippen LogP) is 11.3. The Bertz CT molecular complexity index is 2360. The molecule has 0 fully saturated rings. The second kappa shape index (κ2) is 8.68.